The molecular formula is C19H16BrN3O2. The summed E-state index contributed by atoms with van der Waals surface area (Å²) in [4.78, 5) is 28.7. The van der Waals surface area contributed by atoms with E-state index in [-0.39, 0.29) is 5.91 Å². The number of halogens is 1. The summed E-state index contributed by atoms with van der Waals surface area (Å²) >= 11 is 3.37. The van der Waals surface area contributed by atoms with E-state index in [2.05, 4.69) is 22.0 Å². The van der Waals surface area contributed by atoms with Gasteiger partial charge in [0.05, 0.1) is 17.3 Å². The lowest BCUT2D eigenvalue weighted by Gasteiger charge is -2.27. The summed E-state index contributed by atoms with van der Waals surface area (Å²) in [7, 11) is 0. The maximum Gasteiger partial charge on any atom is 0.336 e. The number of hydrogen-bond acceptors (Lipinski definition) is 3. The van der Waals surface area contributed by atoms with Gasteiger partial charge < -0.3 is 0 Å². The topological polar surface area (TPSA) is 64.4 Å². The van der Waals surface area contributed by atoms with Crippen LogP contribution in [-0.2, 0) is 4.79 Å². The first kappa shape index (κ1) is 17.2. The van der Waals surface area contributed by atoms with Gasteiger partial charge in [-0.05, 0) is 68.8 Å². The van der Waals surface area contributed by atoms with Gasteiger partial charge in [-0.3, -0.25) is 9.69 Å². The Bertz CT molecular complexity index is 913. The van der Waals surface area contributed by atoms with Gasteiger partial charge in [0.25, 0.3) is 5.91 Å². The molecule has 2 aromatic carbocycles. The Morgan fingerprint density at radius 1 is 1.04 bits per heavy atom. The van der Waals surface area contributed by atoms with E-state index in [1.807, 2.05) is 12.1 Å². The molecule has 0 radical (unpaired) electrons. The van der Waals surface area contributed by atoms with Gasteiger partial charge in [-0.1, -0.05) is 15.9 Å². The summed E-state index contributed by atoms with van der Waals surface area (Å²) < 4.78 is 0.895. The van der Waals surface area contributed by atoms with Crippen molar-refractivity contribution in [1.82, 2.24) is 0 Å². The molecule has 0 aromatic heterocycles. The van der Waals surface area contributed by atoms with Crippen LogP contribution >= 0.6 is 15.9 Å². The van der Waals surface area contributed by atoms with Gasteiger partial charge in [-0.25, -0.2) is 9.69 Å². The van der Waals surface area contributed by atoms with Crippen LogP contribution in [0.25, 0.3) is 0 Å². The summed E-state index contributed by atoms with van der Waals surface area (Å²) in [6.07, 6.45) is 0. The van der Waals surface area contributed by atoms with Crippen LogP contribution in [0.15, 0.2) is 46.9 Å². The van der Waals surface area contributed by atoms with Crippen LogP contribution < -0.4 is 9.80 Å². The van der Waals surface area contributed by atoms with Gasteiger partial charge in [-0.15, -0.1) is 0 Å². The van der Waals surface area contributed by atoms with Crippen molar-refractivity contribution in [3.63, 3.8) is 0 Å². The molecule has 1 saturated heterocycles. The minimum Gasteiger partial charge on any atom is -0.279 e. The minimum absolute atomic E-state index is 0.301. The van der Waals surface area contributed by atoms with E-state index in [0.29, 0.717) is 16.9 Å². The lowest BCUT2D eigenvalue weighted by Crippen LogP contribution is -2.44. The molecule has 1 heterocycles. The number of amides is 3. The van der Waals surface area contributed by atoms with Gasteiger partial charge in [0.1, 0.15) is 5.54 Å². The molecule has 0 bridgehead atoms. The Balaban J connectivity index is 2.07. The van der Waals surface area contributed by atoms with Crippen molar-refractivity contribution in [2.75, 3.05) is 9.80 Å². The standard InChI is InChI=1S/C19H16BrN3O2/c1-12-10-16(7-4-13(12)11-21)22-17(24)19(2,3)23(18(22)25)15-8-5-14(20)6-9-15/h4-10H,1-3H3. The first-order valence-electron chi connectivity index (χ1n) is 7.72. The molecule has 6 heteroatoms. The smallest absolute Gasteiger partial charge is 0.279 e. The van der Waals surface area contributed by atoms with Crippen molar-refractivity contribution in [2.45, 2.75) is 26.3 Å². The average Bonchev–Trinajstić information content (AvgIpc) is 2.74. The van der Waals surface area contributed by atoms with Crippen molar-refractivity contribution in [2.24, 2.45) is 0 Å². The van der Waals surface area contributed by atoms with Crippen LogP contribution in [0.5, 0.6) is 0 Å². The maximum absolute atomic E-state index is 13.0. The van der Waals surface area contributed by atoms with Crippen molar-refractivity contribution >= 4 is 39.2 Å². The number of benzene rings is 2. The summed E-state index contributed by atoms with van der Waals surface area (Å²) in [5.41, 5.74) is 1.36. The number of anilines is 2. The normalized spacial score (nSPS) is 16.3. The molecule has 3 rings (SSSR count). The van der Waals surface area contributed by atoms with Crippen LogP contribution in [0.3, 0.4) is 0 Å². The molecule has 0 atom stereocenters. The largest absolute Gasteiger partial charge is 0.336 e. The number of carbonyl (C=O) groups is 2. The highest BCUT2D eigenvalue weighted by Gasteiger charge is 2.52. The lowest BCUT2D eigenvalue weighted by atomic mass is 10.0. The van der Waals surface area contributed by atoms with E-state index in [9.17, 15) is 9.59 Å². The molecule has 0 unspecified atom stereocenters. The molecule has 0 saturated carbocycles. The molecule has 0 aliphatic carbocycles. The van der Waals surface area contributed by atoms with Crippen molar-refractivity contribution in [3.05, 3.63) is 58.1 Å². The summed E-state index contributed by atoms with van der Waals surface area (Å²) in [6, 6.07) is 13.9. The highest BCUT2D eigenvalue weighted by molar-refractivity contribution is 9.10. The number of nitrogens with zero attached hydrogens (tertiary/aromatic N) is 3. The highest BCUT2D eigenvalue weighted by atomic mass is 79.9. The number of aryl methyl sites for hydroxylation is 1. The van der Waals surface area contributed by atoms with Crippen LogP contribution in [0, 0.1) is 18.3 Å². The van der Waals surface area contributed by atoms with Crippen LogP contribution in [-0.4, -0.2) is 17.5 Å². The molecule has 2 aromatic rings. The number of nitriles is 1. The van der Waals surface area contributed by atoms with Gasteiger partial charge >= 0.3 is 6.03 Å². The van der Waals surface area contributed by atoms with Gasteiger partial charge in [0, 0.05) is 10.2 Å². The Morgan fingerprint density at radius 3 is 2.20 bits per heavy atom. The fraction of sp³-hybridized carbons (Fsp3) is 0.211. The van der Waals surface area contributed by atoms with E-state index in [0.717, 1.165) is 10.0 Å². The first-order valence-corrected chi connectivity index (χ1v) is 8.51. The predicted octanol–water partition coefficient (Wildman–Crippen LogP) is 4.38. The highest BCUT2D eigenvalue weighted by Crippen LogP contribution is 2.36. The molecule has 5 nitrogen and oxygen atoms in total. The fourth-order valence-electron chi connectivity index (χ4n) is 2.96. The zero-order chi connectivity index (χ0) is 18.4. The molecule has 126 valence electrons. The second-order valence-electron chi connectivity index (χ2n) is 6.41. The summed E-state index contributed by atoms with van der Waals surface area (Å²) in [6.45, 7) is 5.24. The van der Waals surface area contributed by atoms with Crippen molar-refractivity contribution in [3.8, 4) is 6.07 Å². The Morgan fingerprint density at radius 2 is 1.64 bits per heavy atom. The zero-order valence-electron chi connectivity index (χ0n) is 14.1. The number of carbonyl (C=O) groups excluding carboxylic acids is 2. The zero-order valence-corrected chi connectivity index (χ0v) is 15.7. The number of hydrogen-bond donors (Lipinski definition) is 0. The molecule has 1 fully saturated rings. The third-order valence-electron chi connectivity index (χ3n) is 4.34. The van der Waals surface area contributed by atoms with E-state index < -0.39 is 11.6 Å². The molecule has 0 N–H and O–H groups in total. The van der Waals surface area contributed by atoms with Crippen LogP contribution in [0.1, 0.15) is 25.0 Å². The van der Waals surface area contributed by atoms with Gasteiger partial charge in [0.15, 0.2) is 0 Å². The SMILES string of the molecule is Cc1cc(N2C(=O)N(c3ccc(Br)cc3)C(C)(C)C2=O)ccc1C#N. The van der Waals surface area contributed by atoms with Crippen LogP contribution in [0.2, 0.25) is 0 Å². The van der Waals surface area contributed by atoms with E-state index in [1.165, 1.54) is 9.80 Å². The second kappa shape index (κ2) is 6.01. The van der Waals surface area contributed by atoms with E-state index in [1.54, 1.807) is 51.1 Å². The summed E-state index contributed by atoms with van der Waals surface area (Å²) in [5.74, 6) is -0.301. The van der Waals surface area contributed by atoms with Crippen LogP contribution in [0.4, 0.5) is 16.2 Å². The Labute approximate surface area is 154 Å². The molecule has 3 amide bonds. The molecular weight excluding hydrogens is 382 g/mol. The minimum atomic E-state index is -1.01. The average molecular weight is 398 g/mol. The molecule has 1 aliphatic rings. The third-order valence-corrected chi connectivity index (χ3v) is 4.87. The third kappa shape index (κ3) is 2.71. The Kier molecular flexibility index (Phi) is 4.13. The fourth-order valence-corrected chi connectivity index (χ4v) is 3.22. The van der Waals surface area contributed by atoms with Gasteiger partial charge in [0.2, 0.25) is 0 Å². The number of rotatable bonds is 2. The monoisotopic (exact) mass is 397 g/mol. The lowest BCUT2D eigenvalue weighted by molar-refractivity contribution is -0.120. The molecule has 1 aliphatic heterocycles. The maximum atomic E-state index is 13.0. The number of imide groups is 1. The molecule has 0 spiro atoms. The predicted molar refractivity (Wildman–Crippen MR) is 99.5 cm³/mol. The quantitative estimate of drug-likeness (QED) is 0.706. The Hall–Kier alpha value is -2.65. The van der Waals surface area contributed by atoms with E-state index in [4.69, 9.17) is 5.26 Å². The van der Waals surface area contributed by atoms with Crippen molar-refractivity contribution < 1.29 is 9.59 Å². The van der Waals surface area contributed by atoms with Crippen molar-refractivity contribution in [1.29, 1.82) is 5.26 Å². The van der Waals surface area contributed by atoms with Gasteiger partial charge in [-0.2, -0.15) is 5.26 Å². The number of urea groups is 1. The summed E-state index contributed by atoms with van der Waals surface area (Å²) in [5, 5.41) is 9.07. The first-order chi connectivity index (χ1) is 11.8. The second-order valence-corrected chi connectivity index (χ2v) is 7.32. The molecule has 25 heavy (non-hydrogen) atoms. The van der Waals surface area contributed by atoms with E-state index >= 15 is 0 Å².